The Hall–Kier alpha value is -2.18. The summed E-state index contributed by atoms with van der Waals surface area (Å²) < 4.78 is 36.6. The molecule has 0 fully saturated rings. The van der Waals surface area contributed by atoms with Gasteiger partial charge >= 0.3 is 12.1 Å². The molecule has 0 radical (unpaired) electrons. The third-order valence-electron chi connectivity index (χ3n) is 2.65. The predicted octanol–water partition coefficient (Wildman–Crippen LogP) is 3.27. The van der Waals surface area contributed by atoms with Gasteiger partial charge in [-0.25, -0.2) is 18.4 Å². The van der Waals surface area contributed by atoms with E-state index in [1.165, 1.54) is 6.92 Å². The zero-order valence-electron chi connectivity index (χ0n) is 13.1. The highest BCUT2D eigenvalue weighted by Crippen LogP contribution is 2.23. The summed E-state index contributed by atoms with van der Waals surface area (Å²) in [6.45, 7) is 6.28. The Kier molecular flexibility index (Phi) is 5.46. The fourth-order valence-electron chi connectivity index (χ4n) is 1.75. The minimum absolute atomic E-state index is 0.135. The Morgan fingerprint density at radius 2 is 1.64 bits per heavy atom. The van der Waals surface area contributed by atoms with Gasteiger partial charge in [0.1, 0.15) is 23.3 Å². The van der Waals surface area contributed by atoms with E-state index in [2.05, 4.69) is 4.74 Å². The van der Waals surface area contributed by atoms with Gasteiger partial charge in [0.2, 0.25) is 0 Å². The zero-order chi connectivity index (χ0) is 17.1. The van der Waals surface area contributed by atoms with Gasteiger partial charge in [0.25, 0.3) is 0 Å². The minimum atomic E-state index is -1.11. The largest absolute Gasteiger partial charge is 0.467 e. The van der Waals surface area contributed by atoms with Crippen LogP contribution in [0.2, 0.25) is 0 Å². The molecular formula is C15H19F2NO4. The molecule has 0 aliphatic carbocycles. The van der Waals surface area contributed by atoms with Crippen LogP contribution in [0.15, 0.2) is 18.2 Å². The number of anilines is 1. The summed E-state index contributed by atoms with van der Waals surface area (Å²) >= 11 is 0. The van der Waals surface area contributed by atoms with E-state index in [0.717, 1.165) is 24.1 Å². The molecule has 0 N–H and O–H groups in total. The van der Waals surface area contributed by atoms with Gasteiger partial charge in [-0.2, -0.15) is 0 Å². The average molecular weight is 315 g/mol. The molecule has 0 heterocycles. The summed E-state index contributed by atoms with van der Waals surface area (Å²) in [5.74, 6) is -2.49. The summed E-state index contributed by atoms with van der Waals surface area (Å²) in [5, 5.41) is 0. The lowest BCUT2D eigenvalue weighted by atomic mass is 10.2. The molecule has 5 nitrogen and oxygen atoms in total. The van der Waals surface area contributed by atoms with Crippen molar-refractivity contribution in [3.05, 3.63) is 29.8 Å². The van der Waals surface area contributed by atoms with Gasteiger partial charge in [0, 0.05) is 6.07 Å². The van der Waals surface area contributed by atoms with Crippen molar-refractivity contribution in [1.29, 1.82) is 0 Å². The Balaban J connectivity index is 3.27. The van der Waals surface area contributed by atoms with Gasteiger partial charge in [0.05, 0.1) is 12.8 Å². The number of hydrogen-bond acceptors (Lipinski definition) is 4. The van der Waals surface area contributed by atoms with Crippen molar-refractivity contribution in [2.24, 2.45) is 0 Å². The number of nitrogens with zero attached hydrogens (tertiary/aromatic N) is 1. The van der Waals surface area contributed by atoms with E-state index in [9.17, 15) is 18.4 Å². The van der Waals surface area contributed by atoms with Crippen molar-refractivity contribution in [1.82, 2.24) is 0 Å². The van der Waals surface area contributed by atoms with Crippen LogP contribution in [0.1, 0.15) is 27.7 Å². The molecular weight excluding hydrogens is 296 g/mol. The SMILES string of the molecule is COC(=O)[C@H](C)N(C(=O)OC(C)(C)C)c1cc(F)cc(F)c1. The molecule has 122 valence electrons. The molecule has 1 aromatic carbocycles. The molecule has 1 atom stereocenters. The number of hydrogen-bond donors (Lipinski definition) is 0. The highest BCUT2D eigenvalue weighted by Gasteiger charge is 2.32. The maximum atomic E-state index is 13.4. The number of ether oxygens (including phenoxy) is 2. The van der Waals surface area contributed by atoms with E-state index in [4.69, 9.17) is 4.74 Å². The number of carbonyl (C=O) groups is 2. The van der Waals surface area contributed by atoms with E-state index in [-0.39, 0.29) is 5.69 Å². The number of esters is 1. The van der Waals surface area contributed by atoms with Crippen LogP contribution in [-0.4, -0.2) is 30.8 Å². The van der Waals surface area contributed by atoms with Crippen molar-refractivity contribution in [2.75, 3.05) is 12.0 Å². The molecule has 0 aliphatic heterocycles. The van der Waals surface area contributed by atoms with Crippen molar-refractivity contribution < 1.29 is 27.8 Å². The Bertz CT molecular complexity index is 549. The smallest absolute Gasteiger partial charge is 0.415 e. The van der Waals surface area contributed by atoms with Crippen LogP contribution in [-0.2, 0) is 14.3 Å². The molecule has 0 saturated heterocycles. The molecule has 0 bridgehead atoms. The maximum absolute atomic E-state index is 13.4. The quantitative estimate of drug-likeness (QED) is 0.803. The Labute approximate surface area is 127 Å². The van der Waals surface area contributed by atoms with Crippen molar-refractivity contribution >= 4 is 17.7 Å². The normalized spacial score (nSPS) is 12.5. The first-order chi connectivity index (χ1) is 10.0. The van der Waals surface area contributed by atoms with E-state index >= 15 is 0 Å². The van der Waals surface area contributed by atoms with E-state index in [1.807, 2.05) is 0 Å². The fourth-order valence-corrected chi connectivity index (χ4v) is 1.75. The lowest BCUT2D eigenvalue weighted by molar-refractivity contribution is -0.141. The Morgan fingerprint density at radius 3 is 2.05 bits per heavy atom. The van der Waals surface area contributed by atoms with Crippen molar-refractivity contribution in [3.8, 4) is 0 Å². The molecule has 7 heteroatoms. The molecule has 1 aromatic rings. The predicted molar refractivity (Wildman–Crippen MR) is 76.5 cm³/mol. The molecule has 0 saturated carbocycles. The van der Waals surface area contributed by atoms with E-state index in [1.54, 1.807) is 20.8 Å². The monoisotopic (exact) mass is 315 g/mol. The summed E-state index contributed by atoms with van der Waals surface area (Å²) in [7, 11) is 1.15. The van der Waals surface area contributed by atoms with Gasteiger partial charge in [-0.15, -0.1) is 0 Å². The van der Waals surface area contributed by atoms with Gasteiger partial charge in [-0.3, -0.25) is 4.90 Å². The molecule has 0 aromatic heterocycles. The second-order valence-electron chi connectivity index (χ2n) is 5.68. The number of amides is 1. The molecule has 1 rings (SSSR count). The topological polar surface area (TPSA) is 55.8 Å². The van der Waals surface area contributed by atoms with Crippen molar-refractivity contribution in [3.63, 3.8) is 0 Å². The summed E-state index contributed by atoms with van der Waals surface area (Å²) in [6, 6.07) is 1.43. The standard InChI is InChI=1S/C15H19F2NO4/c1-9(13(19)21-5)18(14(20)22-15(2,3)4)12-7-10(16)6-11(17)8-12/h6-9H,1-5H3/t9-/m0/s1. The third-order valence-corrected chi connectivity index (χ3v) is 2.65. The second-order valence-corrected chi connectivity index (χ2v) is 5.68. The van der Waals surface area contributed by atoms with E-state index in [0.29, 0.717) is 6.07 Å². The van der Waals surface area contributed by atoms with Crippen LogP contribution in [0.4, 0.5) is 19.3 Å². The number of methoxy groups -OCH3 is 1. The van der Waals surface area contributed by atoms with Crippen LogP contribution in [0.25, 0.3) is 0 Å². The lowest BCUT2D eigenvalue weighted by Gasteiger charge is -2.30. The average Bonchev–Trinajstić information content (AvgIpc) is 2.34. The number of carbonyl (C=O) groups excluding carboxylic acids is 2. The molecule has 0 aliphatic rings. The Morgan fingerprint density at radius 1 is 1.14 bits per heavy atom. The second kappa shape index (κ2) is 6.72. The van der Waals surface area contributed by atoms with Crippen LogP contribution >= 0.6 is 0 Å². The molecule has 0 spiro atoms. The number of benzene rings is 1. The molecule has 22 heavy (non-hydrogen) atoms. The highest BCUT2D eigenvalue weighted by atomic mass is 19.1. The van der Waals surface area contributed by atoms with Crippen LogP contribution in [0.5, 0.6) is 0 Å². The summed E-state index contributed by atoms with van der Waals surface area (Å²) in [6.07, 6.45) is -0.907. The van der Waals surface area contributed by atoms with E-state index < -0.39 is 35.3 Å². The van der Waals surface area contributed by atoms with Crippen molar-refractivity contribution in [2.45, 2.75) is 39.3 Å². The zero-order valence-corrected chi connectivity index (χ0v) is 13.1. The number of halogens is 2. The number of rotatable bonds is 3. The fraction of sp³-hybridized carbons (Fsp3) is 0.467. The van der Waals surface area contributed by atoms with Crippen LogP contribution < -0.4 is 4.90 Å². The minimum Gasteiger partial charge on any atom is -0.467 e. The first kappa shape index (κ1) is 17.9. The van der Waals surface area contributed by atoms with Gasteiger partial charge in [0.15, 0.2) is 0 Å². The summed E-state index contributed by atoms with van der Waals surface area (Å²) in [4.78, 5) is 24.9. The molecule has 1 amide bonds. The lowest BCUT2D eigenvalue weighted by Crippen LogP contribution is -2.46. The third kappa shape index (κ3) is 4.68. The first-order valence-corrected chi connectivity index (χ1v) is 6.61. The van der Waals surface area contributed by atoms with Gasteiger partial charge < -0.3 is 9.47 Å². The molecule has 0 unspecified atom stereocenters. The van der Waals surface area contributed by atoms with Gasteiger partial charge in [-0.05, 0) is 39.8 Å². The highest BCUT2D eigenvalue weighted by molar-refractivity contribution is 5.95. The van der Waals surface area contributed by atoms with Crippen LogP contribution in [0.3, 0.4) is 0 Å². The first-order valence-electron chi connectivity index (χ1n) is 6.61. The summed E-state index contributed by atoms with van der Waals surface area (Å²) in [5.41, 5.74) is -0.971. The van der Waals surface area contributed by atoms with Crippen LogP contribution in [0, 0.1) is 11.6 Å². The van der Waals surface area contributed by atoms with Gasteiger partial charge in [-0.1, -0.05) is 0 Å². The maximum Gasteiger partial charge on any atom is 0.415 e.